The van der Waals surface area contributed by atoms with E-state index in [9.17, 15) is 9.59 Å². The van der Waals surface area contributed by atoms with Crippen LogP contribution in [0.1, 0.15) is 12.8 Å². The lowest BCUT2D eigenvalue weighted by atomic mass is 10.2. The highest BCUT2D eigenvalue weighted by atomic mass is 16.5. The number of carbonyl (C=O) groups excluding carboxylic acids is 2. The van der Waals surface area contributed by atoms with Gasteiger partial charge in [0.15, 0.2) is 0 Å². The van der Waals surface area contributed by atoms with Gasteiger partial charge in [-0.05, 0) is 38.4 Å². The predicted molar refractivity (Wildman–Crippen MR) is 91.3 cm³/mol. The van der Waals surface area contributed by atoms with Gasteiger partial charge in [0.25, 0.3) is 0 Å². The fourth-order valence-electron chi connectivity index (χ4n) is 1.87. The fourth-order valence-corrected chi connectivity index (χ4v) is 1.87. The third-order valence-corrected chi connectivity index (χ3v) is 3.25. The number of nitrogens with two attached hydrogens (primary N) is 1. The van der Waals surface area contributed by atoms with Crippen molar-refractivity contribution in [2.75, 3.05) is 44.9 Å². The van der Waals surface area contributed by atoms with Crippen LogP contribution in [0.3, 0.4) is 0 Å². The first-order chi connectivity index (χ1) is 10.9. The second-order valence-electron chi connectivity index (χ2n) is 5.52. The number of amides is 2. The molecule has 0 spiro atoms. The van der Waals surface area contributed by atoms with Crippen LogP contribution in [0.15, 0.2) is 24.3 Å². The molecule has 2 amide bonds. The summed E-state index contributed by atoms with van der Waals surface area (Å²) < 4.78 is 5.07. The van der Waals surface area contributed by atoms with Gasteiger partial charge in [-0.25, -0.2) is 0 Å². The molecule has 1 atom stereocenters. The maximum Gasteiger partial charge on any atom is 0.227 e. The molecule has 0 heterocycles. The number of carbonyl (C=O) groups is 2. The Balaban J connectivity index is 2.47. The van der Waals surface area contributed by atoms with E-state index in [4.69, 9.17) is 10.5 Å². The van der Waals surface area contributed by atoms with Crippen LogP contribution in [0, 0.1) is 0 Å². The Kier molecular flexibility index (Phi) is 8.25. The van der Waals surface area contributed by atoms with Gasteiger partial charge in [-0.2, -0.15) is 0 Å². The summed E-state index contributed by atoms with van der Waals surface area (Å²) in [6.45, 7) is 0.990. The zero-order chi connectivity index (χ0) is 17.2. The number of rotatable bonds is 9. The highest BCUT2D eigenvalue weighted by Crippen LogP contribution is 2.14. The normalized spacial score (nSPS) is 12.0. The maximum atomic E-state index is 11.8. The minimum Gasteiger partial charge on any atom is -0.380 e. The van der Waals surface area contributed by atoms with Crippen LogP contribution in [0.5, 0.6) is 0 Å². The summed E-state index contributed by atoms with van der Waals surface area (Å²) in [7, 11) is 5.37. The number of nitrogens with one attached hydrogen (secondary N) is 2. The van der Waals surface area contributed by atoms with Crippen molar-refractivity contribution in [3.8, 4) is 0 Å². The van der Waals surface area contributed by atoms with Crippen LogP contribution in [-0.2, 0) is 14.3 Å². The van der Waals surface area contributed by atoms with Gasteiger partial charge in [0, 0.05) is 38.0 Å². The maximum absolute atomic E-state index is 11.8. The van der Waals surface area contributed by atoms with E-state index in [1.54, 1.807) is 24.3 Å². The van der Waals surface area contributed by atoms with E-state index in [1.807, 2.05) is 19.0 Å². The summed E-state index contributed by atoms with van der Waals surface area (Å²) >= 11 is 0. The third-order valence-electron chi connectivity index (χ3n) is 3.25. The van der Waals surface area contributed by atoms with Crippen molar-refractivity contribution in [3.63, 3.8) is 0 Å². The van der Waals surface area contributed by atoms with Crippen LogP contribution in [0.4, 0.5) is 11.4 Å². The van der Waals surface area contributed by atoms with Crippen molar-refractivity contribution >= 4 is 23.2 Å². The Morgan fingerprint density at radius 3 is 2.09 bits per heavy atom. The van der Waals surface area contributed by atoms with Crippen LogP contribution < -0.4 is 16.4 Å². The molecule has 1 aromatic carbocycles. The Bertz CT molecular complexity index is 499. The number of benzene rings is 1. The van der Waals surface area contributed by atoms with Crippen LogP contribution in [0.2, 0.25) is 0 Å². The van der Waals surface area contributed by atoms with E-state index < -0.39 is 0 Å². The zero-order valence-electron chi connectivity index (χ0n) is 14.0. The number of ether oxygens (including phenoxy) is 1. The summed E-state index contributed by atoms with van der Waals surface area (Å²) in [5, 5.41) is 5.58. The predicted octanol–water partition coefficient (Wildman–Crippen LogP) is 0.879. The van der Waals surface area contributed by atoms with Gasteiger partial charge in [0.05, 0.1) is 12.5 Å². The molecule has 0 saturated carbocycles. The third kappa shape index (κ3) is 7.73. The number of methoxy groups -OCH3 is 1. The van der Waals surface area contributed by atoms with Gasteiger partial charge < -0.3 is 26.0 Å². The minimum absolute atomic E-state index is 0.0404. The molecule has 0 aliphatic rings. The van der Waals surface area contributed by atoms with E-state index in [0.29, 0.717) is 30.9 Å². The molecular weight excluding hydrogens is 296 g/mol. The van der Waals surface area contributed by atoms with E-state index in [1.165, 1.54) is 7.11 Å². The summed E-state index contributed by atoms with van der Waals surface area (Å²) in [4.78, 5) is 25.5. The molecule has 128 valence electrons. The number of hydrogen-bond acceptors (Lipinski definition) is 5. The first-order valence-corrected chi connectivity index (χ1v) is 7.52. The van der Waals surface area contributed by atoms with Crippen LogP contribution >= 0.6 is 0 Å². The van der Waals surface area contributed by atoms with E-state index in [-0.39, 0.29) is 24.3 Å². The minimum atomic E-state index is -0.287. The van der Waals surface area contributed by atoms with Gasteiger partial charge in [-0.1, -0.05) is 0 Å². The molecule has 0 aliphatic carbocycles. The van der Waals surface area contributed by atoms with Crippen molar-refractivity contribution in [1.82, 2.24) is 4.90 Å². The lowest BCUT2D eigenvalue weighted by molar-refractivity contribution is -0.118. The first-order valence-electron chi connectivity index (χ1n) is 7.52. The van der Waals surface area contributed by atoms with Gasteiger partial charge in [0.1, 0.15) is 0 Å². The van der Waals surface area contributed by atoms with E-state index in [0.717, 1.165) is 0 Å². The second-order valence-corrected chi connectivity index (χ2v) is 5.52. The molecule has 0 aliphatic heterocycles. The topological polar surface area (TPSA) is 96.7 Å². The summed E-state index contributed by atoms with van der Waals surface area (Å²) in [6, 6.07) is 6.98. The van der Waals surface area contributed by atoms with Crippen LogP contribution in [0.25, 0.3) is 0 Å². The van der Waals surface area contributed by atoms with Crippen molar-refractivity contribution in [1.29, 1.82) is 0 Å². The Morgan fingerprint density at radius 2 is 1.65 bits per heavy atom. The number of anilines is 2. The molecule has 1 unspecified atom stereocenters. The summed E-state index contributed by atoms with van der Waals surface area (Å²) in [6.07, 6.45) is 0.351. The van der Waals surface area contributed by atoms with Gasteiger partial charge in [0.2, 0.25) is 11.8 Å². The van der Waals surface area contributed by atoms with Crippen molar-refractivity contribution in [2.24, 2.45) is 5.73 Å². The quantitative estimate of drug-likeness (QED) is 0.627. The molecule has 1 rings (SSSR count). The van der Waals surface area contributed by atoms with Gasteiger partial charge in [-0.3, -0.25) is 9.59 Å². The molecule has 1 aromatic rings. The average Bonchev–Trinajstić information content (AvgIpc) is 2.52. The zero-order valence-corrected chi connectivity index (χ0v) is 14.0. The molecule has 0 aromatic heterocycles. The number of nitrogens with zero attached hydrogens (tertiary/aromatic N) is 1. The van der Waals surface area contributed by atoms with Crippen molar-refractivity contribution in [2.45, 2.75) is 18.9 Å². The Morgan fingerprint density at radius 1 is 1.13 bits per heavy atom. The molecule has 0 radical (unpaired) electrons. The van der Waals surface area contributed by atoms with Crippen molar-refractivity contribution < 1.29 is 14.3 Å². The summed E-state index contributed by atoms with van der Waals surface area (Å²) in [5.74, 6) is -0.202. The summed E-state index contributed by atoms with van der Waals surface area (Å²) in [5.41, 5.74) is 6.84. The number of hydrogen-bond donors (Lipinski definition) is 3. The highest BCUT2D eigenvalue weighted by Gasteiger charge is 2.11. The Labute approximate surface area is 137 Å². The lowest BCUT2D eigenvalue weighted by Crippen LogP contribution is -2.28. The molecular formula is C16H26N4O3. The molecule has 23 heavy (non-hydrogen) atoms. The molecule has 4 N–H and O–H groups in total. The molecule has 0 bridgehead atoms. The highest BCUT2D eigenvalue weighted by molar-refractivity contribution is 5.93. The lowest BCUT2D eigenvalue weighted by Gasteiger charge is -2.13. The average molecular weight is 322 g/mol. The standard InChI is InChI=1S/C16H26N4O3/c1-20(2)9-8-15(21)18-12-4-6-13(7-5-12)19-16(22)10-14(11-17)23-3/h4-7,14H,8-11,17H2,1-3H3,(H,18,21)(H,19,22). The molecule has 7 nitrogen and oxygen atoms in total. The van der Waals surface area contributed by atoms with Gasteiger partial charge in [-0.15, -0.1) is 0 Å². The molecule has 0 saturated heterocycles. The second kappa shape index (κ2) is 9.94. The Hall–Kier alpha value is -1.96. The smallest absolute Gasteiger partial charge is 0.227 e. The first kappa shape index (κ1) is 19.1. The fraction of sp³-hybridized carbons (Fsp3) is 0.500. The van der Waals surface area contributed by atoms with E-state index >= 15 is 0 Å². The SMILES string of the molecule is COC(CN)CC(=O)Nc1ccc(NC(=O)CCN(C)C)cc1. The molecule has 7 heteroatoms. The monoisotopic (exact) mass is 322 g/mol. The van der Waals surface area contributed by atoms with Crippen molar-refractivity contribution in [3.05, 3.63) is 24.3 Å². The van der Waals surface area contributed by atoms with Crippen LogP contribution in [-0.4, -0.2) is 57.1 Å². The van der Waals surface area contributed by atoms with Gasteiger partial charge >= 0.3 is 0 Å². The van der Waals surface area contributed by atoms with E-state index in [2.05, 4.69) is 10.6 Å². The molecule has 0 fully saturated rings. The largest absolute Gasteiger partial charge is 0.380 e.